The zero-order chi connectivity index (χ0) is 16.9. The molecule has 0 aliphatic carbocycles. The molecule has 0 saturated carbocycles. The number of nitrogens with zero attached hydrogens (tertiary/aromatic N) is 2. The third-order valence-corrected chi connectivity index (χ3v) is 4.22. The summed E-state index contributed by atoms with van der Waals surface area (Å²) in [5.74, 6) is -0.102. The van der Waals surface area contributed by atoms with E-state index >= 15 is 0 Å². The van der Waals surface area contributed by atoms with Crippen LogP contribution < -0.4 is 5.32 Å². The second-order valence-electron chi connectivity index (χ2n) is 5.95. The molecule has 0 unspecified atom stereocenters. The quantitative estimate of drug-likeness (QED) is 0.732. The fourth-order valence-corrected chi connectivity index (χ4v) is 2.96. The Balaban J connectivity index is 1.66. The number of hydrogen-bond acceptors (Lipinski definition) is 3. The number of carbonyl (C=O) groups excluding carboxylic acids is 1. The summed E-state index contributed by atoms with van der Waals surface area (Å²) in [5.41, 5.74) is 5.00. The minimum Gasteiger partial charge on any atom is -0.361 e. The lowest BCUT2D eigenvalue weighted by atomic mass is 10.1. The Morgan fingerprint density at radius 1 is 1.29 bits per heavy atom. The van der Waals surface area contributed by atoms with Gasteiger partial charge in [0.15, 0.2) is 0 Å². The third kappa shape index (κ3) is 3.30. The highest BCUT2D eigenvalue weighted by molar-refractivity contribution is 5.95. The van der Waals surface area contributed by atoms with Gasteiger partial charge < -0.3 is 10.3 Å². The molecule has 0 atom stereocenters. The van der Waals surface area contributed by atoms with Gasteiger partial charge in [0.05, 0.1) is 11.3 Å². The Hall–Kier alpha value is -2.69. The van der Waals surface area contributed by atoms with Crippen LogP contribution in [-0.2, 0) is 12.8 Å². The van der Waals surface area contributed by atoms with Crippen molar-refractivity contribution in [3.63, 3.8) is 0 Å². The number of fused-ring (bicyclic) bond motifs is 1. The van der Waals surface area contributed by atoms with Gasteiger partial charge in [-0.2, -0.15) is 0 Å². The van der Waals surface area contributed by atoms with Gasteiger partial charge >= 0.3 is 0 Å². The minimum atomic E-state index is -0.102. The Bertz CT molecular complexity index is 853. The summed E-state index contributed by atoms with van der Waals surface area (Å²) in [7, 11) is 0. The van der Waals surface area contributed by atoms with Crippen LogP contribution in [0.3, 0.4) is 0 Å². The maximum atomic E-state index is 12.4. The standard InChI is InChI=1S/C19H22N4O/c1-3-5-17-16(11-20-12-23-17)19(24)21-9-8-14-10-22-18-13(2)6-4-7-15(14)18/h4,6-7,10-12,22H,3,5,8-9H2,1-2H3,(H,21,24). The van der Waals surface area contributed by atoms with Gasteiger partial charge in [0.25, 0.3) is 5.91 Å². The van der Waals surface area contributed by atoms with Crippen LogP contribution in [0, 0.1) is 6.92 Å². The van der Waals surface area contributed by atoms with Gasteiger partial charge in [-0.3, -0.25) is 4.79 Å². The summed E-state index contributed by atoms with van der Waals surface area (Å²) >= 11 is 0. The Morgan fingerprint density at radius 3 is 3.00 bits per heavy atom. The van der Waals surface area contributed by atoms with E-state index in [1.54, 1.807) is 6.20 Å². The van der Waals surface area contributed by atoms with Crippen LogP contribution in [0.4, 0.5) is 0 Å². The Kier molecular flexibility index (Phi) is 4.89. The van der Waals surface area contributed by atoms with Crippen LogP contribution in [0.25, 0.3) is 10.9 Å². The monoisotopic (exact) mass is 322 g/mol. The van der Waals surface area contributed by atoms with Gasteiger partial charge in [0.2, 0.25) is 0 Å². The van der Waals surface area contributed by atoms with E-state index in [9.17, 15) is 4.79 Å². The lowest BCUT2D eigenvalue weighted by Crippen LogP contribution is -2.27. The Morgan fingerprint density at radius 2 is 2.17 bits per heavy atom. The number of aryl methyl sites for hydroxylation is 2. The van der Waals surface area contributed by atoms with Crippen LogP contribution in [0.1, 0.15) is 40.5 Å². The fourth-order valence-electron chi connectivity index (χ4n) is 2.96. The molecule has 3 aromatic rings. The van der Waals surface area contributed by atoms with Gasteiger partial charge in [0.1, 0.15) is 6.33 Å². The highest BCUT2D eigenvalue weighted by Crippen LogP contribution is 2.21. The number of hydrogen-bond donors (Lipinski definition) is 2. The van der Waals surface area contributed by atoms with Crippen molar-refractivity contribution < 1.29 is 4.79 Å². The first kappa shape index (κ1) is 16.2. The molecule has 1 amide bonds. The summed E-state index contributed by atoms with van der Waals surface area (Å²) in [6.45, 7) is 4.75. The summed E-state index contributed by atoms with van der Waals surface area (Å²) in [6.07, 6.45) is 7.64. The van der Waals surface area contributed by atoms with Crippen LogP contribution >= 0.6 is 0 Å². The van der Waals surface area contributed by atoms with Crippen molar-refractivity contribution >= 4 is 16.8 Å². The number of para-hydroxylation sites is 1. The van der Waals surface area contributed by atoms with E-state index in [0.717, 1.165) is 25.0 Å². The molecular weight excluding hydrogens is 300 g/mol. The molecule has 3 rings (SSSR count). The summed E-state index contributed by atoms with van der Waals surface area (Å²) < 4.78 is 0. The minimum absolute atomic E-state index is 0.102. The van der Waals surface area contributed by atoms with Crippen molar-refractivity contribution in [1.29, 1.82) is 0 Å². The fraction of sp³-hybridized carbons (Fsp3) is 0.316. The predicted octanol–water partition coefficient (Wildman–Crippen LogP) is 3.19. The van der Waals surface area contributed by atoms with E-state index in [2.05, 4.69) is 52.3 Å². The first-order valence-electron chi connectivity index (χ1n) is 8.33. The molecule has 24 heavy (non-hydrogen) atoms. The third-order valence-electron chi connectivity index (χ3n) is 4.22. The largest absolute Gasteiger partial charge is 0.361 e. The SMILES string of the molecule is CCCc1ncncc1C(=O)NCCc1c[nH]c2c(C)cccc12. The normalized spacial score (nSPS) is 10.9. The lowest BCUT2D eigenvalue weighted by Gasteiger charge is -2.08. The van der Waals surface area contributed by atoms with E-state index in [1.165, 1.54) is 28.4 Å². The van der Waals surface area contributed by atoms with Gasteiger partial charge in [-0.05, 0) is 30.9 Å². The van der Waals surface area contributed by atoms with Crippen molar-refractivity contribution in [1.82, 2.24) is 20.3 Å². The zero-order valence-corrected chi connectivity index (χ0v) is 14.1. The molecule has 0 fully saturated rings. The van der Waals surface area contributed by atoms with Crippen molar-refractivity contribution in [3.8, 4) is 0 Å². The van der Waals surface area contributed by atoms with Gasteiger partial charge in [-0.1, -0.05) is 31.5 Å². The molecule has 2 N–H and O–H groups in total. The molecule has 0 bridgehead atoms. The maximum absolute atomic E-state index is 12.4. The molecule has 0 aliphatic rings. The molecular formula is C19H22N4O. The van der Waals surface area contributed by atoms with Crippen LogP contribution in [0.2, 0.25) is 0 Å². The second-order valence-corrected chi connectivity index (χ2v) is 5.95. The molecule has 0 spiro atoms. The van der Waals surface area contributed by atoms with Crippen LogP contribution in [-0.4, -0.2) is 27.4 Å². The second kappa shape index (κ2) is 7.25. The molecule has 0 saturated heterocycles. The first-order valence-corrected chi connectivity index (χ1v) is 8.33. The van der Waals surface area contributed by atoms with Crippen molar-refractivity contribution in [3.05, 3.63) is 59.3 Å². The van der Waals surface area contributed by atoms with E-state index in [-0.39, 0.29) is 5.91 Å². The summed E-state index contributed by atoms with van der Waals surface area (Å²) in [6, 6.07) is 6.27. The average molecular weight is 322 g/mol. The van der Waals surface area contributed by atoms with Gasteiger partial charge in [-0.25, -0.2) is 9.97 Å². The number of H-pyrrole nitrogens is 1. The smallest absolute Gasteiger partial charge is 0.254 e. The molecule has 2 aromatic heterocycles. The molecule has 2 heterocycles. The molecule has 1 aromatic carbocycles. The number of rotatable bonds is 6. The van der Waals surface area contributed by atoms with Crippen molar-refractivity contribution in [2.45, 2.75) is 33.1 Å². The van der Waals surface area contributed by atoms with E-state index < -0.39 is 0 Å². The molecule has 5 nitrogen and oxygen atoms in total. The van der Waals surface area contributed by atoms with Crippen molar-refractivity contribution in [2.75, 3.05) is 6.54 Å². The Labute approximate surface area is 141 Å². The molecule has 124 valence electrons. The summed E-state index contributed by atoms with van der Waals surface area (Å²) in [5, 5.41) is 4.20. The maximum Gasteiger partial charge on any atom is 0.254 e. The van der Waals surface area contributed by atoms with Gasteiger partial charge in [-0.15, -0.1) is 0 Å². The van der Waals surface area contributed by atoms with E-state index in [1.807, 2.05) is 6.20 Å². The zero-order valence-electron chi connectivity index (χ0n) is 14.1. The number of carbonyl (C=O) groups is 1. The van der Waals surface area contributed by atoms with E-state index in [0.29, 0.717) is 12.1 Å². The molecule has 0 aliphatic heterocycles. The summed E-state index contributed by atoms with van der Waals surface area (Å²) in [4.78, 5) is 23.9. The van der Waals surface area contributed by atoms with Crippen LogP contribution in [0.15, 0.2) is 36.9 Å². The highest BCUT2D eigenvalue weighted by atomic mass is 16.1. The molecule has 0 radical (unpaired) electrons. The average Bonchev–Trinajstić information content (AvgIpc) is 3.00. The van der Waals surface area contributed by atoms with Crippen LogP contribution in [0.5, 0.6) is 0 Å². The number of amides is 1. The number of aromatic nitrogens is 3. The molecule has 5 heteroatoms. The number of aromatic amines is 1. The first-order chi connectivity index (χ1) is 11.7. The lowest BCUT2D eigenvalue weighted by molar-refractivity contribution is 0.0952. The number of benzene rings is 1. The highest BCUT2D eigenvalue weighted by Gasteiger charge is 2.12. The number of nitrogens with one attached hydrogen (secondary N) is 2. The van der Waals surface area contributed by atoms with E-state index in [4.69, 9.17) is 0 Å². The van der Waals surface area contributed by atoms with Gasteiger partial charge in [0, 0.05) is 29.8 Å². The predicted molar refractivity (Wildman–Crippen MR) is 95.1 cm³/mol. The van der Waals surface area contributed by atoms with Crippen molar-refractivity contribution in [2.24, 2.45) is 0 Å². The topological polar surface area (TPSA) is 70.7 Å².